The molecule has 3 heterocycles. The van der Waals surface area contributed by atoms with Crippen LogP contribution < -0.4 is 0 Å². The number of thioether (sulfide) groups is 1. The Kier molecular flexibility index (Phi) is 4.20. The van der Waals surface area contributed by atoms with E-state index in [0.29, 0.717) is 21.1 Å². The Morgan fingerprint density at radius 3 is 2.58 bits per heavy atom. The van der Waals surface area contributed by atoms with E-state index in [2.05, 4.69) is 9.97 Å². The second-order valence-corrected chi connectivity index (χ2v) is 8.86. The van der Waals surface area contributed by atoms with Crippen molar-refractivity contribution in [1.82, 2.24) is 14.4 Å². The molecule has 0 atom stereocenters. The van der Waals surface area contributed by atoms with Gasteiger partial charge in [-0.25, -0.2) is 18.4 Å². The van der Waals surface area contributed by atoms with Gasteiger partial charge < -0.3 is 4.40 Å². The molecule has 0 aliphatic rings. The summed E-state index contributed by atoms with van der Waals surface area (Å²) >= 11 is 1.44. The molecule has 132 valence electrons. The predicted octanol–water partition coefficient (Wildman–Crippen LogP) is 3.89. The first-order chi connectivity index (χ1) is 12.5. The fourth-order valence-electron chi connectivity index (χ4n) is 3.04. The highest BCUT2D eigenvalue weighted by Crippen LogP contribution is 2.29. The summed E-state index contributed by atoms with van der Waals surface area (Å²) in [5.41, 5.74) is 4.07. The molecule has 0 saturated heterocycles. The van der Waals surface area contributed by atoms with Crippen molar-refractivity contribution in [2.45, 2.75) is 22.7 Å². The number of aryl methyl sites for hydroxylation is 1. The van der Waals surface area contributed by atoms with Gasteiger partial charge in [-0.15, -0.1) is 0 Å². The van der Waals surface area contributed by atoms with E-state index in [1.807, 2.05) is 54.1 Å². The van der Waals surface area contributed by atoms with Crippen molar-refractivity contribution >= 4 is 38.1 Å². The fourth-order valence-corrected chi connectivity index (χ4v) is 4.76. The van der Waals surface area contributed by atoms with Gasteiger partial charge in [0.15, 0.2) is 15.0 Å². The maximum atomic E-state index is 13.0. The summed E-state index contributed by atoms with van der Waals surface area (Å²) in [4.78, 5) is 9.25. The molecule has 1 aromatic carbocycles. The molecular weight excluding hydrogens is 366 g/mol. The number of nitrogens with zero attached hydrogens (tertiary/aromatic N) is 3. The maximum absolute atomic E-state index is 13.0. The van der Waals surface area contributed by atoms with Crippen molar-refractivity contribution in [2.75, 3.05) is 6.26 Å². The molecule has 0 N–H and O–H groups in total. The first-order valence-corrected chi connectivity index (χ1v) is 11.0. The number of aromatic nitrogens is 3. The second-order valence-electron chi connectivity index (χ2n) is 6.10. The third kappa shape index (κ3) is 2.87. The molecule has 0 aliphatic heterocycles. The lowest BCUT2D eigenvalue weighted by molar-refractivity contribution is 0.595. The van der Waals surface area contributed by atoms with E-state index in [0.717, 1.165) is 16.6 Å². The normalized spacial score (nSPS) is 12.1. The Morgan fingerprint density at radius 1 is 1.08 bits per heavy atom. The van der Waals surface area contributed by atoms with Crippen LogP contribution in [-0.4, -0.2) is 29.0 Å². The average Bonchev–Trinajstić information content (AvgIpc) is 2.95. The highest BCUT2D eigenvalue weighted by atomic mass is 32.2. The van der Waals surface area contributed by atoms with Crippen LogP contribution in [0.15, 0.2) is 64.9 Å². The molecule has 0 bridgehead atoms. The zero-order chi connectivity index (χ0) is 18.3. The molecule has 0 unspecified atom stereocenters. The van der Waals surface area contributed by atoms with Crippen molar-refractivity contribution in [1.29, 1.82) is 0 Å². The van der Waals surface area contributed by atoms with E-state index < -0.39 is 9.84 Å². The van der Waals surface area contributed by atoms with Gasteiger partial charge in [0.05, 0.1) is 33.4 Å². The van der Waals surface area contributed by atoms with Crippen LogP contribution >= 0.6 is 11.8 Å². The Morgan fingerprint density at radius 2 is 1.85 bits per heavy atom. The lowest BCUT2D eigenvalue weighted by Crippen LogP contribution is -2.05. The average molecular weight is 383 g/mol. The van der Waals surface area contributed by atoms with Crippen LogP contribution in [0.1, 0.15) is 11.1 Å². The zero-order valence-electron chi connectivity index (χ0n) is 14.4. The zero-order valence-corrected chi connectivity index (χ0v) is 16.0. The van der Waals surface area contributed by atoms with Gasteiger partial charge in [-0.05, 0) is 37.4 Å². The number of rotatable bonds is 4. The van der Waals surface area contributed by atoms with Gasteiger partial charge in [-0.2, -0.15) is 0 Å². The van der Waals surface area contributed by atoms with Crippen molar-refractivity contribution in [3.8, 4) is 0 Å². The van der Waals surface area contributed by atoms with E-state index in [1.165, 1.54) is 11.8 Å². The standard InChI is InChI=1S/C19H17N3O2S2/c1-13-6-8-14(9-7-13)26(23,24)12-15-16-5-3-4-10-22(16)17-11-20-19(25-2)21-18(15)17/h3-11H,12H2,1-2H3. The van der Waals surface area contributed by atoms with Crippen molar-refractivity contribution in [2.24, 2.45) is 0 Å². The Bertz CT molecular complexity index is 1210. The first kappa shape index (κ1) is 17.1. The third-order valence-electron chi connectivity index (χ3n) is 4.36. The van der Waals surface area contributed by atoms with Gasteiger partial charge in [0.2, 0.25) is 0 Å². The lowest BCUT2D eigenvalue weighted by Gasteiger charge is -2.05. The number of hydrogen-bond acceptors (Lipinski definition) is 5. The van der Waals surface area contributed by atoms with Crippen molar-refractivity contribution in [3.05, 3.63) is 66.0 Å². The number of sulfone groups is 1. The van der Waals surface area contributed by atoms with Gasteiger partial charge >= 0.3 is 0 Å². The predicted molar refractivity (Wildman–Crippen MR) is 104 cm³/mol. The van der Waals surface area contributed by atoms with Crippen molar-refractivity contribution < 1.29 is 8.42 Å². The largest absolute Gasteiger partial charge is 0.313 e. The second kappa shape index (κ2) is 6.41. The van der Waals surface area contributed by atoms with Crippen LogP contribution in [0.5, 0.6) is 0 Å². The molecular formula is C19H17N3O2S2. The molecule has 0 spiro atoms. The van der Waals surface area contributed by atoms with Gasteiger partial charge in [0.1, 0.15) is 0 Å². The molecule has 0 fully saturated rings. The molecule has 4 rings (SSSR count). The van der Waals surface area contributed by atoms with Crippen LogP contribution in [0, 0.1) is 6.92 Å². The number of pyridine rings is 1. The van der Waals surface area contributed by atoms with Gasteiger partial charge in [0.25, 0.3) is 0 Å². The SMILES string of the molecule is CSc1ncc2c(n1)c(CS(=O)(=O)c1ccc(C)cc1)c1ccccn12. The van der Waals surface area contributed by atoms with E-state index in [4.69, 9.17) is 0 Å². The highest BCUT2D eigenvalue weighted by Gasteiger charge is 2.22. The molecule has 0 radical (unpaired) electrons. The topological polar surface area (TPSA) is 64.3 Å². The third-order valence-corrected chi connectivity index (χ3v) is 6.58. The Balaban J connectivity index is 1.93. The van der Waals surface area contributed by atoms with E-state index in [1.54, 1.807) is 18.3 Å². The minimum atomic E-state index is -3.48. The number of fused-ring (bicyclic) bond motifs is 3. The monoisotopic (exact) mass is 383 g/mol. The van der Waals surface area contributed by atoms with Crippen LogP contribution in [0.2, 0.25) is 0 Å². The summed E-state index contributed by atoms with van der Waals surface area (Å²) in [6.45, 7) is 1.94. The lowest BCUT2D eigenvalue weighted by atomic mass is 10.2. The molecule has 0 saturated carbocycles. The summed E-state index contributed by atoms with van der Waals surface area (Å²) in [7, 11) is -3.48. The Labute approximate surface area is 156 Å². The molecule has 7 heteroatoms. The summed E-state index contributed by atoms with van der Waals surface area (Å²) in [5, 5.41) is 0.627. The minimum absolute atomic E-state index is 0.0993. The van der Waals surface area contributed by atoms with Crippen LogP contribution in [0.3, 0.4) is 0 Å². The molecule has 0 amide bonds. The van der Waals surface area contributed by atoms with E-state index >= 15 is 0 Å². The number of benzene rings is 1. The molecule has 0 aliphatic carbocycles. The minimum Gasteiger partial charge on any atom is -0.313 e. The summed E-state index contributed by atoms with van der Waals surface area (Å²) < 4.78 is 27.9. The number of hydrogen-bond donors (Lipinski definition) is 0. The maximum Gasteiger partial charge on any atom is 0.187 e. The van der Waals surface area contributed by atoms with Gasteiger partial charge in [-0.3, -0.25) is 0 Å². The van der Waals surface area contributed by atoms with Crippen LogP contribution in [0.4, 0.5) is 0 Å². The van der Waals surface area contributed by atoms with Crippen LogP contribution in [0.25, 0.3) is 16.6 Å². The molecule has 26 heavy (non-hydrogen) atoms. The summed E-state index contributed by atoms with van der Waals surface area (Å²) in [5.74, 6) is -0.0993. The molecule has 5 nitrogen and oxygen atoms in total. The Hall–Kier alpha value is -2.38. The summed E-state index contributed by atoms with van der Waals surface area (Å²) in [6, 6.07) is 12.7. The molecule has 4 aromatic rings. The van der Waals surface area contributed by atoms with E-state index in [-0.39, 0.29) is 5.75 Å². The van der Waals surface area contributed by atoms with Crippen LogP contribution in [-0.2, 0) is 15.6 Å². The first-order valence-electron chi connectivity index (χ1n) is 8.08. The van der Waals surface area contributed by atoms with Crippen molar-refractivity contribution in [3.63, 3.8) is 0 Å². The highest BCUT2D eigenvalue weighted by molar-refractivity contribution is 7.98. The molecule has 3 aromatic heterocycles. The van der Waals surface area contributed by atoms with Gasteiger partial charge in [0, 0.05) is 11.8 Å². The fraction of sp³-hybridized carbons (Fsp3) is 0.158. The smallest absolute Gasteiger partial charge is 0.187 e. The van der Waals surface area contributed by atoms with Gasteiger partial charge in [-0.1, -0.05) is 35.5 Å². The summed E-state index contributed by atoms with van der Waals surface area (Å²) in [6.07, 6.45) is 5.56. The quantitative estimate of drug-likeness (QED) is 0.395. The van der Waals surface area contributed by atoms with E-state index in [9.17, 15) is 8.42 Å².